The van der Waals surface area contributed by atoms with Crippen molar-refractivity contribution in [1.82, 2.24) is 0 Å². The molecule has 0 saturated heterocycles. The number of nitro benzene ring substituents is 1. The molecular weight excluding hydrogens is 338 g/mol. The Balaban J connectivity index is 1.68. The number of nitro groups is 1. The van der Waals surface area contributed by atoms with Gasteiger partial charge in [-0.3, -0.25) is 15.5 Å². The Labute approximate surface area is 147 Å². The smallest absolute Gasteiger partial charge is 0.269 e. The highest BCUT2D eigenvalue weighted by Gasteiger charge is 2.05. The molecule has 0 saturated carbocycles. The number of nitrogens with zero attached hydrogens (tertiary/aromatic N) is 2. The molecule has 1 N–H and O–H groups in total. The minimum absolute atomic E-state index is 0.00556. The number of carbonyl (C=O) groups is 1. The molecule has 0 bridgehead atoms. The van der Waals surface area contributed by atoms with Crippen LogP contribution in [0.25, 0.3) is 11.3 Å². The van der Waals surface area contributed by atoms with Gasteiger partial charge in [0.2, 0.25) is 0 Å². The molecule has 0 radical (unpaired) electrons. The molecule has 0 atom stereocenters. The van der Waals surface area contributed by atoms with Gasteiger partial charge in [-0.05, 0) is 35.9 Å². The van der Waals surface area contributed by atoms with Crippen LogP contribution in [-0.2, 0) is 0 Å². The Bertz CT molecular complexity index is 977. The molecule has 0 aliphatic carbocycles. The van der Waals surface area contributed by atoms with Crippen molar-refractivity contribution in [2.45, 2.75) is 0 Å². The van der Waals surface area contributed by atoms with E-state index >= 15 is 0 Å². The van der Waals surface area contributed by atoms with E-state index in [1.165, 1.54) is 42.6 Å². The zero-order chi connectivity index (χ0) is 18.5. The van der Waals surface area contributed by atoms with E-state index in [-0.39, 0.29) is 11.3 Å². The lowest BCUT2D eigenvalue weighted by molar-refractivity contribution is -0.384. The third-order valence-corrected chi connectivity index (χ3v) is 3.47. The standard InChI is InChI=1S/C18H13N3O5/c22-18(23)13-3-1-2-12(10-13)17-9-8-16(26-17)11-19-20-14-4-6-15(7-5-14)21(24)25/h1-11,20H,(H,22,23)/p-1/b19-11-. The number of carbonyl (C=O) groups excluding carboxylic acids is 1. The largest absolute Gasteiger partial charge is 0.545 e. The van der Waals surface area contributed by atoms with E-state index in [2.05, 4.69) is 10.5 Å². The summed E-state index contributed by atoms with van der Waals surface area (Å²) in [7, 11) is 0. The number of furan rings is 1. The van der Waals surface area contributed by atoms with Gasteiger partial charge < -0.3 is 14.3 Å². The lowest BCUT2D eigenvalue weighted by Gasteiger charge is -2.03. The molecule has 26 heavy (non-hydrogen) atoms. The quantitative estimate of drug-likeness (QED) is 0.414. The summed E-state index contributed by atoms with van der Waals surface area (Å²) in [6.45, 7) is 0. The van der Waals surface area contributed by atoms with Gasteiger partial charge in [0.1, 0.15) is 11.5 Å². The van der Waals surface area contributed by atoms with E-state index in [0.29, 0.717) is 22.8 Å². The minimum atomic E-state index is -1.26. The highest BCUT2D eigenvalue weighted by molar-refractivity contribution is 5.87. The highest BCUT2D eigenvalue weighted by atomic mass is 16.6. The van der Waals surface area contributed by atoms with E-state index in [0.717, 1.165) is 0 Å². The molecule has 0 aliphatic rings. The van der Waals surface area contributed by atoms with Gasteiger partial charge in [-0.15, -0.1) is 0 Å². The molecular formula is C18H12N3O5-. The zero-order valence-corrected chi connectivity index (χ0v) is 13.3. The number of hydrogen-bond donors (Lipinski definition) is 1. The average molecular weight is 350 g/mol. The number of nitrogens with one attached hydrogen (secondary N) is 1. The number of carboxylic acid groups (broad SMARTS) is 1. The van der Waals surface area contributed by atoms with E-state index in [1.807, 2.05) is 0 Å². The van der Waals surface area contributed by atoms with Gasteiger partial charge >= 0.3 is 0 Å². The van der Waals surface area contributed by atoms with Crippen molar-refractivity contribution in [2.24, 2.45) is 5.10 Å². The number of hydrazone groups is 1. The topological polar surface area (TPSA) is 121 Å². The predicted octanol–water partition coefficient (Wildman–Crippen LogP) is 2.66. The number of non-ortho nitro benzene ring substituents is 1. The number of aromatic carboxylic acids is 1. The Morgan fingerprint density at radius 1 is 1.12 bits per heavy atom. The third kappa shape index (κ3) is 3.93. The van der Waals surface area contributed by atoms with Crippen LogP contribution in [0.1, 0.15) is 16.1 Å². The molecule has 0 aliphatic heterocycles. The zero-order valence-electron chi connectivity index (χ0n) is 13.3. The first-order valence-corrected chi connectivity index (χ1v) is 7.48. The first kappa shape index (κ1) is 16.9. The van der Waals surface area contributed by atoms with Crippen molar-refractivity contribution in [3.8, 4) is 11.3 Å². The molecule has 0 spiro atoms. The number of carboxylic acids is 1. The van der Waals surface area contributed by atoms with Gasteiger partial charge in [0, 0.05) is 17.7 Å². The lowest BCUT2D eigenvalue weighted by Crippen LogP contribution is -2.22. The molecule has 2 aromatic carbocycles. The first-order chi connectivity index (χ1) is 12.5. The summed E-state index contributed by atoms with van der Waals surface area (Å²) in [5, 5.41) is 25.5. The van der Waals surface area contributed by atoms with Crippen molar-refractivity contribution in [2.75, 3.05) is 5.43 Å². The second-order valence-electron chi connectivity index (χ2n) is 5.24. The summed E-state index contributed by atoms with van der Waals surface area (Å²) in [6.07, 6.45) is 1.44. The number of hydrogen-bond acceptors (Lipinski definition) is 7. The monoisotopic (exact) mass is 350 g/mol. The molecule has 3 aromatic rings. The fraction of sp³-hybridized carbons (Fsp3) is 0. The molecule has 3 rings (SSSR count). The van der Waals surface area contributed by atoms with Gasteiger partial charge in [-0.2, -0.15) is 5.10 Å². The SMILES string of the molecule is O=C([O-])c1cccc(-c2ccc(/C=N\Nc3ccc([N+](=O)[O-])cc3)o2)c1. The Kier molecular flexibility index (Phi) is 4.75. The van der Waals surface area contributed by atoms with Crippen LogP contribution in [0, 0.1) is 10.1 Å². The highest BCUT2D eigenvalue weighted by Crippen LogP contribution is 2.22. The summed E-state index contributed by atoms with van der Waals surface area (Å²) in [5.41, 5.74) is 3.98. The summed E-state index contributed by atoms with van der Waals surface area (Å²) in [6, 6.07) is 15.4. The summed E-state index contributed by atoms with van der Waals surface area (Å²) < 4.78 is 5.60. The van der Waals surface area contributed by atoms with E-state index in [4.69, 9.17) is 4.42 Å². The first-order valence-electron chi connectivity index (χ1n) is 7.48. The average Bonchev–Trinajstić information content (AvgIpc) is 3.11. The Morgan fingerprint density at radius 2 is 1.88 bits per heavy atom. The molecule has 1 aromatic heterocycles. The summed E-state index contributed by atoms with van der Waals surface area (Å²) >= 11 is 0. The van der Waals surface area contributed by atoms with Crippen LogP contribution in [0.5, 0.6) is 0 Å². The summed E-state index contributed by atoms with van der Waals surface area (Å²) in [5.74, 6) is -0.314. The van der Waals surface area contributed by atoms with Crippen molar-refractivity contribution in [3.63, 3.8) is 0 Å². The Morgan fingerprint density at radius 3 is 2.58 bits per heavy atom. The normalized spacial score (nSPS) is 10.8. The van der Waals surface area contributed by atoms with Crippen LogP contribution in [0.15, 0.2) is 70.2 Å². The molecule has 0 unspecified atom stereocenters. The van der Waals surface area contributed by atoms with Crippen LogP contribution in [-0.4, -0.2) is 17.1 Å². The second kappa shape index (κ2) is 7.31. The van der Waals surface area contributed by atoms with Crippen LogP contribution in [0.2, 0.25) is 0 Å². The van der Waals surface area contributed by atoms with E-state index in [9.17, 15) is 20.0 Å². The molecule has 1 heterocycles. The van der Waals surface area contributed by atoms with Gasteiger partial charge in [-0.25, -0.2) is 0 Å². The minimum Gasteiger partial charge on any atom is -0.545 e. The van der Waals surface area contributed by atoms with Crippen LogP contribution in [0.3, 0.4) is 0 Å². The van der Waals surface area contributed by atoms with Gasteiger partial charge in [0.15, 0.2) is 0 Å². The molecule has 8 heteroatoms. The van der Waals surface area contributed by atoms with E-state index in [1.54, 1.807) is 24.3 Å². The number of rotatable bonds is 6. The lowest BCUT2D eigenvalue weighted by atomic mass is 10.1. The molecule has 0 amide bonds. The summed E-state index contributed by atoms with van der Waals surface area (Å²) in [4.78, 5) is 21.0. The maximum absolute atomic E-state index is 10.9. The van der Waals surface area contributed by atoms with Crippen molar-refractivity contribution in [1.29, 1.82) is 0 Å². The van der Waals surface area contributed by atoms with Crippen LogP contribution in [0.4, 0.5) is 11.4 Å². The number of anilines is 1. The molecule has 130 valence electrons. The van der Waals surface area contributed by atoms with E-state index < -0.39 is 10.9 Å². The fourth-order valence-corrected chi connectivity index (χ4v) is 2.20. The van der Waals surface area contributed by atoms with Gasteiger partial charge in [0.25, 0.3) is 5.69 Å². The van der Waals surface area contributed by atoms with Crippen molar-refractivity contribution in [3.05, 3.63) is 82.1 Å². The van der Waals surface area contributed by atoms with Crippen LogP contribution < -0.4 is 10.5 Å². The maximum Gasteiger partial charge on any atom is 0.269 e. The predicted molar refractivity (Wildman–Crippen MR) is 92.8 cm³/mol. The second-order valence-corrected chi connectivity index (χ2v) is 5.24. The molecule has 8 nitrogen and oxygen atoms in total. The third-order valence-electron chi connectivity index (χ3n) is 3.47. The van der Waals surface area contributed by atoms with Gasteiger partial charge in [-0.1, -0.05) is 18.2 Å². The fourth-order valence-electron chi connectivity index (χ4n) is 2.20. The van der Waals surface area contributed by atoms with Gasteiger partial charge in [0.05, 0.1) is 22.8 Å². The maximum atomic E-state index is 10.9. The molecule has 0 fully saturated rings. The Hall–Kier alpha value is -3.94. The van der Waals surface area contributed by atoms with Crippen molar-refractivity contribution < 1.29 is 19.2 Å². The van der Waals surface area contributed by atoms with Crippen molar-refractivity contribution >= 4 is 23.6 Å². The number of benzene rings is 2. The van der Waals surface area contributed by atoms with Crippen LogP contribution >= 0.6 is 0 Å².